The fraction of sp³-hybridized carbons (Fsp3) is 0.520. The van der Waals surface area contributed by atoms with Gasteiger partial charge in [0, 0.05) is 20.6 Å². The summed E-state index contributed by atoms with van der Waals surface area (Å²) in [5.74, 6) is 1.13. The second-order valence-electron chi connectivity index (χ2n) is 8.42. The Hall–Kier alpha value is -3.80. The predicted molar refractivity (Wildman–Crippen MR) is 138 cm³/mol. The van der Waals surface area contributed by atoms with E-state index in [9.17, 15) is 14.4 Å². The van der Waals surface area contributed by atoms with Crippen LogP contribution in [0.15, 0.2) is 21.7 Å². The molecule has 3 rings (SSSR count). The van der Waals surface area contributed by atoms with Crippen molar-refractivity contribution in [1.29, 1.82) is 0 Å². The minimum Gasteiger partial charge on any atom is -0.493 e. The number of carbonyl (C=O) groups is 1. The molecule has 0 saturated carbocycles. The Labute approximate surface area is 214 Å². The predicted octanol–water partition coefficient (Wildman–Crippen LogP) is 1.55. The first-order valence-corrected chi connectivity index (χ1v) is 12.1. The molecule has 12 heteroatoms. The van der Waals surface area contributed by atoms with Crippen LogP contribution in [-0.4, -0.2) is 70.6 Å². The molecule has 0 bridgehead atoms. The fourth-order valence-corrected chi connectivity index (χ4v) is 4.14. The third-order valence-electron chi connectivity index (χ3n) is 6.37. The zero-order chi connectivity index (χ0) is 27.3. The number of carbonyl (C=O) groups excluding carboxylic acids is 1. The molecule has 0 atom stereocenters. The minimum atomic E-state index is -0.595. The molecule has 0 saturated heterocycles. The Morgan fingerprint density at radius 2 is 1.59 bits per heavy atom. The Morgan fingerprint density at radius 3 is 2.14 bits per heavy atom. The maximum Gasteiger partial charge on any atom is 0.338 e. The highest BCUT2D eigenvalue weighted by molar-refractivity contribution is 5.91. The second kappa shape index (κ2) is 12.0. The van der Waals surface area contributed by atoms with E-state index in [2.05, 4.69) is 23.7 Å². The van der Waals surface area contributed by atoms with Crippen LogP contribution in [0.25, 0.3) is 11.2 Å². The quantitative estimate of drug-likeness (QED) is 0.260. The van der Waals surface area contributed by atoms with E-state index in [1.807, 2.05) is 0 Å². The molecule has 0 aliphatic heterocycles. The van der Waals surface area contributed by atoms with Gasteiger partial charge in [-0.05, 0) is 31.6 Å². The number of imidazole rings is 1. The molecule has 3 aromatic rings. The van der Waals surface area contributed by atoms with E-state index >= 15 is 0 Å². The lowest BCUT2D eigenvalue weighted by Crippen LogP contribution is -2.39. The number of esters is 1. The molecule has 0 amide bonds. The summed E-state index contributed by atoms with van der Waals surface area (Å²) in [4.78, 5) is 45.5. The molecule has 1 aromatic carbocycles. The second-order valence-corrected chi connectivity index (χ2v) is 8.42. The molecule has 2 heterocycles. The summed E-state index contributed by atoms with van der Waals surface area (Å²) in [6, 6.07) is 2.99. The average molecular weight is 518 g/mol. The summed E-state index contributed by atoms with van der Waals surface area (Å²) in [5.41, 5.74) is 0.0406. The molecule has 0 N–H and O–H groups in total. The van der Waals surface area contributed by atoms with Crippen LogP contribution in [0, 0.1) is 0 Å². The van der Waals surface area contributed by atoms with Crippen molar-refractivity contribution in [2.24, 2.45) is 14.1 Å². The summed E-state index contributed by atoms with van der Waals surface area (Å²) >= 11 is 0. The van der Waals surface area contributed by atoms with Crippen molar-refractivity contribution < 1.29 is 23.7 Å². The van der Waals surface area contributed by atoms with E-state index in [1.165, 1.54) is 38.0 Å². The molecule has 0 radical (unpaired) electrons. The van der Waals surface area contributed by atoms with Gasteiger partial charge in [0.2, 0.25) is 5.75 Å². The van der Waals surface area contributed by atoms with E-state index in [0.29, 0.717) is 40.8 Å². The van der Waals surface area contributed by atoms with Gasteiger partial charge in [-0.2, -0.15) is 0 Å². The van der Waals surface area contributed by atoms with Gasteiger partial charge < -0.3 is 23.5 Å². The zero-order valence-electron chi connectivity index (χ0n) is 22.5. The van der Waals surface area contributed by atoms with Gasteiger partial charge in [0.15, 0.2) is 22.7 Å². The van der Waals surface area contributed by atoms with Gasteiger partial charge in [0.25, 0.3) is 5.56 Å². The molecule has 0 aliphatic rings. The normalized spacial score (nSPS) is 11.2. The first kappa shape index (κ1) is 27.8. The van der Waals surface area contributed by atoms with Crippen LogP contribution in [0.3, 0.4) is 0 Å². The first-order valence-electron chi connectivity index (χ1n) is 12.1. The van der Waals surface area contributed by atoms with Gasteiger partial charge in [0.1, 0.15) is 5.82 Å². The molecule has 0 fully saturated rings. The number of rotatable bonds is 12. The van der Waals surface area contributed by atoms with Gasteiger partial charge >= 0.3 is 11.7 Å². The number of nitrogens with zero attached hydrogens (tertiary/aromatic N) is 5. The number of ether oxygens (including phenoxy) is 4. The number of benzene rings is 1. The highest BCUT2D eigenvalue weighted by atomic mass is 16.5. The average Bonchev–Trinajstić information content (AvgIpc) is 3.24. The first-order chi connectivity index (χ1) is 17.7. The standard InChI is InChI=1S/C25H35N5O7/c1-8-29(9-2)15-19-26-22-20(27(19)3)23(31)30(25(33)28(22)4)11-10-12-37-24(32)16-13-17(34-5)21(36-7)18(14-16)35-6/h13-14H,8-12,15H2,1-7H3. The van der Waals surface area contributed by atoms with Crippen LogP contribution >= 0.6 is 0 Å². The highest BCUT2D eigenvalue weighted by Gasteiger charge is 2.20. The molecule has 37 heavy (non-hydrogen) atoms. The van der Waals surface area contributed by atoms with E-state index < -0.39 is 17.2 Å². The smallest absolute Gasteiger partial charge is 0.338 e. The molecular weight excluding hydrogens is 482 g/mol. The van der Waals surface area contributed by atoms with E-state index in [0.717, 1.165) is 17.7 Å². The molecule has 12 nitrogen and oxygen atoms in total. The van der Waals surface area contributed by atoms with Crippen LogP contribution in [-0.2, 0) is 31.9 Å². The van der Waals surface area contributed by atoms with Crippen LogP contribution in [0.2, 0.25) is 0 Å². The SMILES string of the molecule is CCN(CC)Cc1nc2c(c(=O)n(CCCOC(=O)c3cc(OC)c(OC)c(OC)c3)c(=O)n2C)n1C. The number of aromatic nitrogens is 4. The van der Waals surface area contributed by atoms with E-state index in [1.54, 1.807) is 18.7 Å². The number of hydrogen-bond acceptors (Lipinski definition) is 9. The van der Waals surface area contributed by atoms with Crippen molar-refractivity contribution in [2.45, 2.75) is 33.4 Å². The lowest BCUT2D eigenvalue weighted by Gasteiger charge is -2.17. The van der Waals surface area contributed by atoms with Crippen LogP contribution < -0.4 is 25.5 Å². The Morgan fingerprint density at radius 1 is 0.973 bits per heavy atom. The topological polar surface area (TPSA) is 119 Å². The van der Waals surface area contributed by atoms with Gasteiger partial charge in [-0.1, -0.05) is 13.8 Å². The maximum absolute atomic E-state index is 13.2. The summed E-state index contributed by atoms with van der Waals surface area (Å²) < 4.78 is 25.5. The Kier molecular flexibility index (Phi) is 8.98. The zero-order valence-corrected chi connectivity index (χ0v) is 22.5. The number of hydrogen-bond donors (Lipinski definition) is 0. The Balaban J connectivity index is 1.77. The minimum absolute atomic E-state index is 0.00171. The molecule has 0 spiro atoms. The maximum atomic E-state index is 13.2. The number of fused-ring (bicyclic) bond motifs is 1. The largest absolute Gasteiger partial charge is 0.493 e. The molecule has 202 valence electrons. The molecule has 0 aliphatic carbocycles. The summed E-state index contributed by atoms with van der Waals surface area (Å²) in [5, 5.41) is 0. The molecule has 0 unspecified atom stereocenters. The van der Waals surface area contributed by atoms with Crippen LogP contribution in [0.1, 0.15) is 36.5 Å². The lowest BCUT2D eigenvalue weighted by molar-refractivity contribution is 0.0494. The van der Waals surface area contributed by atoms with E-state index in [4.69, 9.17) is 18.9 Å². The van der Waals surface area contributed by atoms with Crippen molar-refractivity contribution in [1.82, 2.24) is 23.6 Å². The highest BCUT2D eigenvalue weighted by Crippen LogP contribution is 2.38. The van der Waals surface area contributed by atoms with Crippen LogP contribution in [0.4, 0.5) is 0 Å². The van der Waals surface area contributed by atoms with Crippen molar-refractivity contribution in [3.8, 4) is 17.2 Å². The summed E-state index contributed by atoms with van der Waals surface area (Å²) in [6.07, 6.45) is 0.265. The van der Waals surface area contributed by atoms with Gasteiger partial charge in [0.05, 0.1) is 40.0 Å². The monoisotopic (exact) mass is 517 g/mol. The number of aryl methyl sites for hydroxylation is 2. The summed E-state index contributed by atoms with van der Waals surface area (Å²) in [6.45, 7) is 6.47. The van der Waals surface area contributed by atoms with Gasteiger partial charge in [-0.25, -0.2) is 14.6 Å². The summed E-state index contributed by atoms with van der Waals surface area (Å²) in [7, 11) is 7.76. The third kappa shape index (κ3) is 5.48. The Bertz CT molecular complexity index is 1360. The third-order valence-corrected chi connectivity index (χ3v) is 6.37. The fourth-order valence-electron chi connectivity index (χ4n) is 4.14. The lowest BCUT2D eigenvalue weighted by atomic mass is 10.2. The molecule has 2 aromatic heterocycles. The van der Waals surface area contributed by atoms with Crippen molar-refractivity contribution in [2.75, 3.05) is 41.0 Å². The molecular formula is C25H35N5O7. The van der Waals surface area contributed by atoms with Crippen LogP contribution in [0.5, 0.6) is 17.2 Å². The van der Waals surface area contributed by atoms with Crippen molar-refractivity contribution in [3.63, 3.8) is 0 Å². The van der Waals surface area contributed by atoms with E-state index in [-0.39, 0.29) is 25.1 Å². The van der Waals surface area contributed by atoms with Crippen molar-refractivity contribution >= 4 is 17.1 Å². The van der Waals surface area contributed by atoms with Gasteiger partial charge in [-0.3, -0.25) is 18.8 Å². The number of methoxy groups -OCH3 is 3. The van der Waals surface area contributed by atoms with Gasteiger partial charge in [-0.15, -0.1) is 0 Å². The van der Waals surface area contributed by atoms with Crippen molar-refractivity contribution in [3.05, 3.63) is 44.4 Å².